The van der Waals surface area contributed by atoms with Gasteiger partial charge in [0.25, 0.3) is 0 Å². The van der Waals surface area contributed by atoms with Crippen molar-refractivity contribution in [3.05, 3.63) is 29.6 Å². The van der Waals surface area contributed by atoms with Crippen LogP contribution in [0.4, 0.5) is 0 Å². The van der Waals surface area contributed by atoms with E-state index in [0.717, 1.165) is 0 Å². The number of carbonyl (C=O) groups is 2. The largest absolute Gasteiger partial charge is 0.294 e. The Bertz CT molecular complexity index is 337. The van der Waals surface area contributed by atoms with E-state index in [2.05, 4.69) is 0 Å². The Hall–Kier alpha value is -1.51. The summed E-state index contributed by atoms with van der Waals surface area (Å²) >= 11 is 0. The Morgan fingerprint density at radius 3 is 1.77 bits per heavy atom. The number of pyridine rings is 1. The molecule has 3 nitrogen and oxygen atoms in total. The van der Waals surface area contributed by atoms with Gasteiger partial charge in [0.05, 0.1) is 11.1 Å². The summed E-state index contributed by atoms with van der Waals surface area (Å²) in [4.78, 5) is 22.1. The average Bonchev–Trinajstić information content (AvgIpc) is 2.03. The fourth-order valence-electron chi connectivity index (χ4n) is 1.10. The van der Waals surface area contributed by atoms with Gasteiger partial charge in [0.15, 0.2) is 24.0 Å². The van der Waals surface area contributed by atoms with Crippen molar-refractivity contribution < 1.29 is 14.2 Å². The third-order valence-electron chi connectivity index (χ3n) is 1.81. The SMILES string of the molecule is CC(=O)c1cc(C(C)=O)c[n+](C)c1. The van der Waals surface area contributed by atoms with E-state index in [9.17, 15) is 9.59 Å². The molecule has 3 heteroatoms. The van der Waals surface area contributed by atoms with Gasteiger partial charge in [-0.25, -0.2) is 4.57 Å². The van der Waals surface area contributed by atoms with Crippen LogP contribution in [-0.2, 0) is 7.05 Å². The quantitative estimate of drug-likeness (QED) is 0.499. The summed E-state index contributed by atoms with van der Waals surface area (Å²) in [6.45, 7) is 2.97. The molecule has 0 unspecified atom stereocenters. The fourth-order valence-corrected chi connectivity index (χ4v) is 1.10. The molecule has 0 amide bonds. The molecule has 68 valence electrons. The van der Waals surface area contributed by atoms with Gasteiger partial charge in [-0.15, -0.1) is 0 Å². The zero-order chi connectivity index (χ0) is 10.0. The maximum Gasteiger partial charge on any atom is 0.179 e. The van der Waals surface area contributed by atoms with Crippen molar-refractivity contribution in [1.82, 2.24) is 0 Å². The van der Waals surface area contributed by atoms with Gasteiger partial charge in [-0.05, 0) is 19.9 Å². The lowest BCUT2D eigenvalue weighted by Gasteiger charge is -1.96. The molecule has 0 bridgehead atoms. The molecule has 0 aliphatic carbocycles. The number of aryl methyl sites for hydroxylation is 1. The molecule has 0 aliphatic heterocycles. The Kier molecular flexibility index (Phi) is 2.56. The molecule has 0 fully saturated rings. The molecule has 0 atom stereocenters. The van der Waals surface area contributed by atoms with Crippen molar-refractivity contribution in [3.63, 3.8) is 0 Å². The first-order chi connectivity index (χ1) is 6.00. The highest BCUT2D eigenvalue weighted by molar-refractivity contribution is 5.98. The summed E-state index contributed by atoms with van der Waals surface area (Å²) in [7, 11) is 1.79. The van der Waals surface area contributed by atoms with Crippen molar-refractivity contribution in [1.29, 1.82) is 0 Å². The predicted octanol–water partition coefficient (Wildman–Crippen LogP) is 0.916. The Morgan fingerprint density at radius 1 is 1.08 bits per heavy atom. The molecule has 0 aliphatic rings. The van der Waals surface area contributed by atoms with Gasteiger partial charge >= 0.3 is 0 Å². The van der Waals surface area contributed by atoms with Gasteiger partial charge in [0.2, 0.25) is 0 Å². The number of Topliss-reactive ketones (excluding diaryl/α,β-unsaturated/α-hetero) is 2. The molecule has 0 spiro atoms. The maximum atomic E-state index is 11.0. The fraction of sp³-hybridized carbons (Fsp3) is 0.300. The first-order valence-electron chi connectivity index (χ1n) is 4.03. The number of carbonyl (C=O) groups excluding carboxylic acids is 2. The normalized spacial score (nSPS) is 9.77. The maximum absolute atomic E-state index is 11.0. The number of nitrogens with zero attached hydrogens (tertiary/aromatic N) is 1. The molecular weight excluding hydrogens is 166 g/mol. The number of hydrogen-bond acceptors (Lipinski definition) is 2. The van der Waals surface area contributed by atoms with Crippen molar-refractivity contribution in [2.75, 3.05) is 0 Å². The summed E-state index contributed by atoms with van der Waals surface area (Å²) in [6, 6.07) is 1.62. The highest BCUT2D eigenvalue weighted by Crippen LogP contribution is 2.02. The van der Waals surface area contributed by atoms with E-state index in [0.29, 0.717) is 11.1 Å². The van der Waals surface area contributed by atoms with Crippen LogP contribution in [0.5, 0.6) is 0 Å². The minimum Gasteiger partial charge on any atom is -0.294 e. The third-order valence-corrected chi connectivity index (χ3v) is 1.81. The highest BCUT2D eigenvalue weighted by atomic mass is 16.1. The number of aromatic nitrogens is 1. The van der Waals surface area contributed by atoms with Crippen LogP contribution in [0.1, 0.15) is 34.6 Å². The molecular formula is C10H12NO2+. The Labute approximate surface area is 77.0 Å². The van der Waals surface area contributed by atoms with Crippen LogP contribution >= 0.6 is 0 Å². The summed E-state index contributed by atoms with van der Waals surface area (Å²) in [6.07, 6.45) is 3.41. The van der Waals surface area contributed by atoms with Crippen molar-refractivity contribution in [3.8, 4) is 0 Å². The van der Waals surface area contributed by atoms with E-state index in [1.165, 1.54) is 13.8 Å². The van der Waals surface area contributed by atoms with Crippen LogP contribution in [0.3, 0.4) is 0 Å². The second kappa shape index (κ2) is 3.47. The number of hydrogen-bond donors (Lipinski definition) is 0. The third kappa shape index (κ3) is 2.21. The summed E-state index contributed by atoms with van der Waals surface area (Å²) in [5.74, 6) is -0.0580. The first-order valence-corrected chi connectivity index (χ1v) is 4.03. The lowest BCUT2D eigenvalue weighted by atomic mass is 10.1. The molecule has 0 aromatic carbocycles. The monoisotopic (exact) mass is 178 g/mol. The zero-order valence-corrected chi connectivity index (χ0v) is 8.00. The molecule has 0 saturated heterocycles. The molecule has 1 heterocycles. The van der Waals surface area contributed by atoms with Crippen molar-refractivity contribution >= 4 is 11.6 Å². The van der Waals surface area contributed by atoms with Gasteiger partial charge in [-0.3, -0.25) is 9.59 Å². The predicted molar refractivity (Wildman–Crippen MR) is 47.6 cm³/mol. The standard InChI is InChI=1S/C10H12NO2/c1-7(12)9-4-10(8(2)13)6-11(3)5-9/h4-6H,1-3H3/q+1. The Morgan fingerprint density at radius 2 is 1.46 bits per heavy atom. The van der Waals surface area contributed by atoms with Gasteiger partial charge in [0, 0.05) is 0 Å². The van der Waals surface area contributed by atoms with Crippen LogP contribution in [0, 0.1) is 0 Å². The zero-order valence-electron chi connectivity index (χ0n) is 8.00. The Balaban J connectivity index is 3.26. The molecule has 0 N–H and O–H groups in total. The van der Waals surface area contributed by atoms with Crippen LogP contribution in [-0.4, -0.2) is 11.6 Å². The molecule has 1 aromatic heterocycles. The minimum absolute atomic E-state index is 0.0290. The van der Waals surface area contributed by atoms with E-state index in [4.69, 9.17) is 0 Å². The van der Waals surface area contributed by atoms with Crippen LogP contribution in [0.2, 0.25) is 0 Å². The lowest BCUT2D eigenvalue weighted by Crippen LogP contribution is -2.29. The first kappa shape index (κ1) is 9.58. The van der Waals surface area contributed by atoms with E-state index >= 15 is 0 Å². The smallest absolute Gasteiger partial charge is 0.179 e. The molecule has 13 heavy (non-hydrogen) atoms. The van der Waals surface area contributed by atoms with Crippen molar-refractivity contribution in [2.45, 2.75) is 13.8 Å². The molecule has 0 radical (unpaired) electrons. The summed E-state index contributed by atoms with van der Waals surface area (Å²) in [5.41, 5.74) is 1.13. The van der Waals surface area contributed by atoms with Gasteiger partial charge in [-0.1, -0.05) is 0 Å². The highest BCUT2D eigenvalue weighted by Gasteiger charge is 2.10. The topological polar surface area (TPSA) is 38.0 Å². The lowest BCUT2D eigenvalue weighted by molar-refractivity contribution is -0.671. The molecule has 1 rings (SSSR count). The van der Waals surface area contributed by atoms with Gasteiger partial charge in [0.1, 0.15) is 7.05 Å². The second-order valence-electron chi connectivity index (χ2n) is 3.09. The van der Waals surface area contributed by atoms with E-state index in [1.807, 2.05) is 0 Å². The van der Waals surface area contributed by atoms with E-state index < -0.39 is 0 Å². The minimum atomic E-state index is -0.0290. The molecule has 1 aromatic rings. The van der Waals surface area contributed by atoms with Crippen molar-refractivity contribution in [2.24, 2.45) is 7.05 Å². The van der Waals surface area contributed by atoms with E-state index in [1.54, 1.807) is 30.1 Å². The van der Waals surface area contributed by atoms with Crippen LogP contribution in [0.25, 0.3) is 0 Å². The van der Waals surface area contributed by atoms with E-state index in [-0.39, 0.29) is 11.6 Å². The average molecular weight is 178 g/mol. The summed E-state index contributed by atoms with van der Waals surface area (Å²) < 4.78 is 1.72. The second-order valence-corrected chi connectivity index (χ2v) is 3.09. The van der Waals surface area contributed by atoms with Gasteiger partial charge in [-0.2, -0.15) is 0 Å². The van der Waals surface area contributed by atoms with Crippen LogP contribution in [0.15, 0.2) is 18.5 Å². The summed E-state index contributed by atoms with van der Waals surface area (Å²) in [5, 5.41) is 0. The molecule has 0 saturated carbocycles. The number of ketones is 2. The number of rotatable bonds is 2. The van der Waals surface area contributed by atoms with Gasteiger partial charge < -0.3 is 0 Å². The van der Waals surface area contributed by atoms with Crippen LogP contribution < -0.4 is 4.57 Å².